The van der Waals surface area contributed by atoms with Gasteiger partial charge in [-0.3, -0.25) is 9.10 Å². The summed E-state index contributed by atoms with van der Waals surface area (Å²) >= 11 is 0. The zero-order valence-corrected chi connectivity index (χ0v) is 19.1. The van der Waals surface area contributed by atoms with Gasteiger partial charge in [0, 0.05) is 5.39 Å². The maximum Gasteiger partial charge on any atom is 0.264 e. The number of nitrogens with one attached hydrogen (secondary N) is 1. The van der Waals surface area contributed by atoms with Crippen LogP contribution in [0.15, 0.2) is 94.2 Å². The van der Waals surface area contributed by atoms with Crippen LogP contribution in [0.25, 0.3) is 11.0 Å². The number of hydrogen-bond acceptors (Lipinski definition) is 5. The molecule has 0 aliphatic carbocycles. The molecular weight excluding hydrogens is 440 g/mol. The Morgan fingerprint density at radius 1 is 1.00 bits per heavy atom. The Labute approximate surface area is 192 Å². The fourth-order valence-corrected chi connectivity index (χ4v) is 4.93. The van der Waals surface area contributed by atoms with Crippen LogP contribution in [0.1, 0.15) is 18.7 Å². The van der Waals surface area contributed by atoms with Crippen molar-refractivity contribution in [3.05, 3.63) is 90.7 Å². The molecule has 4 aromatic rings. The summed E-state index contributed by atoms with van der Waals surface area (Å²) in [4.78, 5) is 13.0. The molecule has 0 fully saturated rings. The normalized spacial score (nSPS) is 12.3. The molecule has 4 rings (SSSR count). The predicted molar refractivity (Wildman–Crippen MR) is 127 cm³/mol. The first-order valence-electron chi connectivity index (χ1n) is 10.4. The van der Waals surface area contributed by atoms with Crippen molar-refractivity contribution in [2.45, 2.75) is 17.9 Å². The van der Waals surface area contributed by atoms with Crippen LogP contribution in [0.2, 0.25) is 0 Å². The van der Waals surface area contributed by atoms with Crippen LogP contribution < -0.4 is 14.4 Å². The summed E-state index contributed by atoms with van der Waals surface area (Å²) in [5.41, 5.74) is 1.08. The Morgan fingerprint density at radius 3 is 2.33 bits per heavy atom. The number of rotatable bonds is 8. The number of hydrogen-bond donors (Lipinski definition) is 1. The van der Waals surface area contributed by atoms with Gasteiger partial charge in [0.05, 0.1) is 23.7 Å². The predicted octanol–water partition coefficient (Wildman–Crippen LogP) is 4.51. The third kappa shape index (κ3) is 4.85. The average Bonchev–Trinajstić information content (AvgIpc) is 3.28. The third-order valence-electron chi connectivity index (χ3n) is 5.23. The molecule has 170 valence electrons. The number of fused-ring (bicyclic) bond motifs is 1. The number of anilines is 1. The molecule has 0 spiro atoms. The lowest BCUT2D eigenvalue weighted by molar-refractivity contribution is -0.120. The quantitative estimate of drug-likeness (QED) is 0.414. The van der Waals surface area contributed by atoms with Crippen LogP contribution in [0.5, 0.6) is 5.75 Å². The smallest absolute Gasteiger partial charge is 0.264 e. The van der Waals surface area contributed by atoms with Gasteiger partial charge in [-0.05, 0) is 55.5 Å². The van der Waals surface area contributed by atoms with E-state index in [-0.39, 0.29) is 4.90 Å². The minimum Gasteiger partial charge on any atom is -0.497 e. The zero-order valence-electron chi connectivity index (χ0n) is 18.3. The number of para-hydroxylation sites is 1. The molecule has 1 amide bonds. The average molecular weight is 465 g/mol. The lowest BCUT2D eigenvalue weighted by atomic mass is 10.2. The molecule has 0 aliphatic heterocycles. The van der Waals surface area contributed by atoms with E-state index in [1.807, 2.05) is 30.3 Å². The topological polar surface area (TPSA) is 88.8 Å². The van der Waals surface area contributed by atoms with Crippen molar-refractivity contribution < 1.29 is 22.4 Å². The molecule has 33 heavy (non-hydrogen) atoms. The van der Waals surface area contributed by atoms with Crippen molar-refractivity contribution >= 4 is 32.6 Å². The van der Waals surface area contributed by atoms with Crippen LogP contribution in [0.3, 0.4) is 0 Å². The van der Waals surface area contributed by atoms with Crippen molar-refractivity contribution in [1.29, 1.82) is 0 Å². The van der Waals surface area contributed by atoms with Gasteiger partial charge in [-0.15, -0.1) is 0 Å². The summed E-state index contributed by atoms with van der Waals surface area (Å²) < 4.78 is 38.9. The van der Waals surface area contributed by atoms with Gasteiger partial charge < -0.3 is 14.5 Å². The van der Waals surface area contributed by atoms with Gasteiger partial charge >= 0.3 is 0 Å². The first kappa shape index (κ1) is 22.4. The summed E-state index contributed by atoms with van der Waals surface area (Å²) in [6.45, 7) is 1.40. The van der Waals surface area contributed by atoms with Gasteiger partial charge in [-0.2, -0.15) is 0 Å². The highest BCUT2D eigenvalue weighted by atomic mass is 32.2. The molecule has 7 nitrogen and oxygen atoms in total. The standard InChI is InChI=1S/C25H24N2O5S/c1-18(24-16-19-8-6-7-11-23(19)32-24)26-25(28)17-27(20-12-14-21(31-2)15-13-20)33(29,30)22-9-4-3-5-10-22/h3-16,18H,17H2,1-2H3,(H,26,28). The molecule has 0 bridgehead atoms. The number of benzene rings is 3. The van der Waals surface area contributed by atoms with Gasteiger partial charge in [0.25, 0.3) is 10.0 Å². The summed E-state index contributed by atoms with van der Waals surface area (Å²) in [6, 6.07) is 23.5. The highest BCUT2D eigenvalue weighted by Crippen LogP contribution is 2.27. The Balaban J connectivity index is 1.59. The van der Waals surface area contributed by atoms with Crippen LogP contribution in [-0.2, 0) is 14.8 Å². The molecule has 1 aromatic heterocycles. The molecule has 0 aliphatic rings. The number of sulfonamides is 1. The second-order valence-electron chi connectivity index (χ2n) is 7.50. The molecule has 0 saturated carbocycles. The van der Waals surface area contributed by atoms with E-state index in [0.717, 1.165) is 15.3 Å². The minimum absolute atomic E-state index is 0.0963. The van der Waals surface area contributed by atoms with E-state index in [1.54, 1.807) is 49.4 Å². The summed E-state index contributed by atoms with van der Waals surface area (Å²) in [5, 5.41) is 3.77. The second kappa shape index (κ2) is 9.38. The monoisotopic (exact) mass is 464 g/mol. The fraction of sp³-hybridized carbons (Fsp3) is 0.160. The maximum atomic E-state index is 13.4. The molecule has 1 N–H and O–H groups in total. The first-order chi connectivity index (χ1) is 15.9. The minimum atomic E-state index is -3.98. The largest absolute Gasteiger partial charge is 0.497 e. The van der Waals surface area contributed by atoms with E-state index in [1.165, 1.54) is 19.2 Å². The summed E-state index contributed by atoms with van der Waals surface area (Å²) in [5.74, 6) is 0.712. The lowest BCUT2D eigenvalue weighted by Crippen LogP contribution is -2.41. The molecule has 0 radical (unpaired) electrons. The van der Waals surface area contributed by atoms with E-state index >= 15 is 0 Å². The van der Waals surface area contributed by atoms with Crippen molar-refractivity contribution in [2.75, 3.05) is 18.0 Å². The fourth-order valence-electron chi connectivity index (χ4n) is 3.49. The number of ether oxygens (including phenoxy) is 1. The van der Waals surface area contributed by atoms with Gasteiger partial charge in [0.1, 0.15) is 23.6 Å². The lowest BCUT2D eigenvalue weighted by Gasteiger charge is -2.25. The van der Waals surface area contributed by atoms with E-state index in [9.17, 15) is 13.2 Å². The molecule has 1 unspecified atom stereocenters. The van der Waals surface area contributed by atoms with Gasteiger partial charge in [0.15, 0.2) is 0 Å². The summed E-state index contributed by atoms with van der Waals surface area (Å²) in [6.07, 6.45) is 0. The Morgan fingerprint density at radius 2 is 1.67 bits per heavy atom. The van der Waals surface area contributed by atoms with Gasteiger partial charge in [-0.25, -0.2) is 8.42 Å². The second-order valence-corrected chi connectivity index (χ2v) is 9.36. The number of methoxy groups -OCH3 is 1. The first-order valence-corrected chi connectivity index (χ1v) is 11.8. The molecule has 8 heteroatoms. The van der Waals surface area contributed by atoms with Crippen LogP contribution in [0, 0.1) is 0 Å². The van der Waals surface area contributed by atoms with Crippen molar-refractivity contribution in [1.82, 2.24) is 5.32 Å². The Hall–Kier alpha value is -3.78. The number of nitrogens with zero attached hydrogens (tertiary/aromatic N) is 1. The highest BCUT2D eigenvalue weighted by molar-refractivity contribution is 7.92. The number of carbonyl (C=O) groups is 1. The third-order valence-corrected chi connectivity index (χ3v) is 7.02. The van der Waals surface area contributed by atoms with Crippen molar-refractivity contribution in [3.63, 3.8) is 0 Å². The zero-order chi connectivity index (χ0) is 23.4. The van der Waals surface area contributed by atoms with Crippen LogP contribution in [-0.4, -0.2) is 28.0 Å². The van der Waals surface area contributed by atoms with E-state index in [0.29, 0.717) is 17.2 Å². The molecule has 1 atom stereocenters. The number of amides is 1. The maximum absolute atomic E-state index is 13.4. The summed E-state index contributed by atoms with van der Waals surface area (Å²) in [7, 11) is -2.45. The SMILES string of the molecule is COc1ccc(N(CC(=O)NC(C)c2cc3ccccc3o2)S(=O)(=O)c2ccccc2)cc1. The van der Waals surface area contributed by atoms with Crippen LogP contribution >= 0.6 is 0 Å². The Kier molecular flexibility index (Phi) is 6.37. The number of furan rings is 1. The van der Waals surface area contributed by atoms with Crippen molar-refractivity contribution in [2.24, 2.45) is 0 Å². The van der Waals surface area contributed by atoms with Gasteiger partial charge in [0.2, 0.25) is 5.91 Å². The van der Waals surface area contributed by atoms with Crippen molar-refractivity contribution in [3.8, 4) is 5.75 Å². The Bertz CT molecular complexity index is 1320. The highest BCUT2D eigenvalue weighted by Gasteiger charge is 2.28. The molecule has 1 heterocycles. The van der Waals surface area contributed by atoms with Crippen LogP contribution in [0.4, 0.5) is 5.69 Å². The molecular formula is C25H24N2O5S. The number of carbonyl (C=O) groups excluding carboxylic acids is 1. The van der Waals surface area contributed by atoms with E-state index < -0.39 is 28.5 Å². The molecule has 3 aromatic carbocycles. The van der Waals surface area contributed by atoms with E-state index in [2.05, 4.69) is 5.32 Å². The van der Waals surface area contributed by atoms with Gasteiger partial charge in [-0.1, -0.05) is 36.4 Å². The van der Waals surface area contributed by atoms with E-state index in [4.69, 9.17) is 9.15 Å². The molecule has 0 saturated heterocycles.